The number of hydrogen-bond acceptors (Lipinski definition) is 5. The van der Waals surface area contributed by atoms with Gasteiger partial charge in [0.2, 0.25) is 11.8 Å². The van der Waals surface area contributed by atoms with Crippen LogP contribution in [0, 0.1) is 0 Å². The van der Waals surface area contributed by atoms with Crippen molar-refractivity contribution in [3.05, 3.63) is 59.7 Å². The molecule has 3 N–H and O–H groups in total. The maximum atomic E-state index is 12.6. The van der Waals surface area contributed by atoms with E-state index >= 15 is 0 Å². The SMILES string of the molecule is CC[C@H](CC(=O)N1NC(=O)CC1C(=O)O)NC(=O)OCC1c2ccccc2-c2ccccc21. The topological polar surface area (TPSA) is 125 Å². The van der Waals surface area contributed by atoms with Crippen LogP contribution in [-0.4, -0.2) is 52.7 Å². The van der Waals surface area contributed by atoms with E-state index in [0.29, 0.717) is 6.42 Å². The Labute approximate surface area is 190 Å². The molecule has 1 aliphatic heterocycles. The molecule has 2 aliphatic rings. The van der Waals surface area contributed by atoms with E-state index in [1.165, 1.54) is 0 Å². The van der Waals surface area contributed by atoms with Gasteiger partial charge >= 0.3 is 12.1 Å². The summed E-state index contributed by atoms with van der Waals surface area (Å²) in [5.41, 5.74) is 6.71. The molecular formula is C24H25N3O6. The first-order chi connectivity index (χ1) is 15.9. The summed E-state index contributed by atoms with van der Waals surface area (Å²) in [4.78, 5) is 47.9. The summed E-state index contributed by atoms with van der Waals surface area (Å²) >= 11 is 0. The van der Waals surface area contributed by atoms with Crippen molar-refractivity contribution in [2.24, 2.45) is 0 Å². The van der Waals surface area contributed by atoms with Gasteiger partial charge in [-0.1, -0.05) is 55.5 Å². The molecule has 2 aromatic carbocycles. The molecule has 0 bridgehead atoms. The van der Waals surface area contributed by atoms with Crippen molar-refractivity contribution in [2.45, 2.75) is 44.2 Å². The zero-order valence-corrected chi connectivity index (χ0v) is 18.1. The highest BCUT2D eigenvalue weighted by Gasteiger charge is 2.39. The Kier molecular flexibility index (Phi) is 6.30. The van der Waals surface area contributed by atoms with Crippen LogP contribution in [0.2, 0.25) is 0 Å². The average Bonchev–Trinajstić information content (AvgIpc) is 3.35. The highest BCUT2D eigenvalue weighted by molar-refractivity contribution is 5.93. The number of hydrogen-bond donors (Lipinski definition) is 3. The first-order valence-electron chi connectivity index (χ1n) is 10.8. The maximum Gasteiger partial charge on any atom is 0.407 e. The number of carboxylic acids is 1. The fourth-order valence-corrected chi connectivity index (χ4v) is 4.37. The fraction of sp³-hybridized carbons (Fsp3) is 0.333. The Bertz CT molecular complexity index is 1060. The summed E-state index contributed by atoms with van der Waals surface area (Å²) in [6.45, 7) is 1.94. The summed E-state index contributed by atoms with van der Waals surface area (Å²) in [7, 11) is 0. The van der Waals surface area contributed by atoms with E-state index < -0.39 is 36.0 Å². The quantitative estimate of drug-likeness (QED) is 0.594. The summed E-state index contributed by atoms with van der Waals surface area (Å²) in [6.07, 6.45) is -0.686. The number of rotatable bonds is 7. The molecule has 1 aliphatic carbocycles. The second-order valence-electron chi connectivity index (χ2n) is 8.14. The number of aliphatic carboxylic acids is 1. The van der Waals surface area contributed by atoms with Gasteiger partial charge in [0.1, 0.15) is 6.61 Å². The normalized spacial score (nSPS) is 17.7. The van der Waals surface area contributed by atoms with E-state index in [-0.39, 0.29) is 25.4 Å². The van der Waals surface area contributed by atoms with Gasteiger partial charge in [0.05, 0.1) is 6.42 Å². The second kappa shape index (κ2) is 9.32. The third kappa shape index (κ3) is 4.52. The van der Waals surface area contributed by atoms with Gasteiger partial charge in [0.15, 0.2) is 6.04 Å². The molecule has 0 aromatic heterocycles. The van der Waals surface area contributed by atoms with E-state index in [1.807, 2.05) is 36.4 Å². The lowest BCUT2D eigenvalue weighted by molar-refractivity contribution is -0.150. The fourth-order valence-electron chi connectivity index (χ4n) is 4.37. The van der Waals surface area contributed by atoms with E-state index in [2.05, 4.69) is 22.9 Å². The van der Waals surface area contributed by atoms with Crippen LogP contribution >= 0.6 is 0 Å². The van der Waals surface area contributed by atoms with Crippen LogP contribution in [0.4, 0.5) is 4.79 Å². The summed E-state index contributed by atoms with van der Waals surface area (Å²) in [6, 6.07) is 14.2. The van der Waals surface area contributed by atoms with Crippen LogP contribution in [0.1, 0.15) is 43.2 Å². The van der Waals surface area contributed by atoms with Crippen LogP contribution in [0.5, 0.6) is 0 Å². The number of hydrazine groups is 1. The molecule has 0 spiro atoms. The molecule has 9 heteroatoms. The molecule has 2 aromatic rings. The van der Waals surface area contributed by atoms with E-state index in [9.17, 15) is 24.3 Å². The minimum absolute atomic E-state index is 0.0824. The van der Waals surface area contributed by atoms with Crippen molar-refractivity contribution >= 4 is 23.9 Å². The monoisotopic (exact) mass is 451 g/mol. The van der Waals surface area contributed by atoms with Crippen LogP contribution in [0.25, 0.3) is 11.1 Å². The molecule has 0 radical (unpaired) electrons. The number of nitrogens with one attached hydrogen (secondary N) is 2. The van der Waals surface area contributed by atoms with Gasteiger partial charge in [-0.2, -0.15) is 0 Å². The highest BCUT2D eigenvalue weighted by atomic mass is 16.5. The Morgan fingerprint density at radius 1 is 1.12 bits per heavy atom. The minimum Gasteiger partial charge on any atom is -0.480 e. The lowest BCUT2D eigenvalue weighted by Gasteiger charge is -2.23. The van der Waals surface area contributed by atoms with Crippen molar-refractivity contribution in [3.8, 4) is 11.1 Å². The number of carbonyl (C=O) groups is 4. The number of ether oxygens (including phenoxy) is 1. The Morgan fingerprint density at radius 3 is 2.30 bits per heavy atom. The van der Waals surface area contributed by atoms with Gasteiger partial charge in [-0.05, 0) is 28.7 Å². The van der Waals surface area contributed by atoms with Gasteiger partial charge < -0.3 is 15.2 Å². The van der Waals surface area contributed by atoms with Crippen molar-refractivity contribution in [2.75, 3.05) is 6.61 Å². The lowest BCUT2D eigenvalue weighted by Crippen LogP contribution is -2.49. The first kappa shape index (κ1) is 22.3. The van der Waals surface area contributed by atoms with Crippen LogP contribution in [0.15, 0.2) is 48.5 Å². The molecule has 1 fully saturated rings. The lowest BCUT2D eigenvalue weighted by atomic mass is 9.98. The summed E-state index contributed by atoms with van der Waals surface area (Å²) in [5.74, 6) is -2.47. The molecule has 1 unspecified atom stereocenters. The first-order valence-corrected chi connectivity index (χ1v) is 10.8. The van der Waals surface area contributed by atoms with E-state index in [4.69, 9.17) is 4.74 Å². The third-order valence-corrected chi connectivity index (χ3v) is 6.07. The molecule has 3 amide bonds. The molecule has 2 atom stereocenters. The minimum atomic E-state index is -1.26. The summed E-state index contributed by atoms with van der Waals surface area (Å²) < 4.78 is 5.52. The molecule has 0 saturated carbocycles. The van der Waals surface area contributed by atoms with Crippen LogP contribution in [-0.2, 0) is 19.1 Å². The van der Waals surface area contributed by atoms with E-state index in [1.54, 1.807) is 6.92 Å². The maximum absolute atomic E-state index is 12.6. The molecule has 9 nitrogen and oxygen atoms in total. The van der Waals surface area contributed by atoms with Crippen LogP contribution < -0.4 is 10.7 Å². The molecular weight excluding hydrogens is 426 g/mol. The van der Waals surface area contributed by atoms with Gasteiger partial charge in [0, 0.05) is 18.4 Å². The molecule has 1 heterocycles. The summed E-state index contributed by atoms with van der Waals surface area (Å²) in [5, 5.41) is 12.7. The van der Waals surface area contributed by atoms with Crippen molar-refractivity contribution in [1.82, 2.24) is 15.8 Å². The van der Waals surface area contributed by atoms with Crippen molar-refractivity contribution in [3.63, 3.8) is 0 Å². The number of carboxylic acid groups (broad SMARTS) is 1. The number of amides is 3. The van der Waals surface area contributed by atoms with Crippen molar-refractivity contribution in [1.29, 1.82) is 0 Å². The number of alkyl carbamates (subject to hydrolysis) is 1. The average molecular weight is 451 g/mol. The Balaban J connectivity index is 1.36. The van der Waals surface area contributed by atoms with E-state index in [0.717, 1.165) is 27.3 Å². The smallest absolute Gasteiger partial charge is 0.407 e. The van der Waals surface area contributed by atoms with Gasteiger partial charge in [-0.3, -0.25) is 15.0 Å². The second-order valence-corrected chi connectivity index (χ2v) is 8.14. The number of benzene rings is 2. The van der Waals surface area contributed by atoms with Gasteiger partial charge in [-0.25, -0.2) is 14.6 Å². The molecule has 33 heavy (non-hydrogen) atoms. The van der Waals surface area contributed by atoms with Gasteiger partial charge in [0.25, 0.3) is 0 Å². The molecule has 4 rings (SSSR count). The van der Waals surface area contributed by atoms with Gasteiger partial charge in [-0.15, -0.1) is 0 Å². The molecule has 172 valence electrons. The number of fused-ring (bicyclic) bond motifs is 3. The Hall–Kier alpha value is -3.88. The Morgan fingerprint density at radius 2 is 1.73 bits per heavy atom. The largest absolute Gasteiger partial charge is 0.480 e. The third-order valence-electron chi connectivity index (χ3n) is 6.07. The van der Waals surface area contributed by atoms with Crippen LogP contribution in [0.3, 0.4) is 0 Å². The zero-order chi connectivity index (χ0) is 23.5. The molecule has 1 saturated heterocycles. The number of nitrogens with zero attached hydrogens (tertiary/aromatic N) is 1. The predicted molar refractivity (Wildman–Crippen MR) is 118 cm³/mol. The highest BCUT2D eigenvalue weighted by Crippen LogP contribution is 2.44. The predicted octanol–water partition coefficient (Wildman–Crippen LogP) is 2.41. The zero-order valence-electron chi connectivity index (χ0n) is 18.1. The number of carbonyl (C=O) groups excluding carboxylic acids is 3. The standard InChI is InChI=1S/C24H25N3O6/c1-2-14(11-22(29)27-20(23(30)31)12-21(28)26-27)25-24(32)33-13-19-17-9-5-3-7-15(17)16-8-4-6-10-18(16)19/h3-10,14,19-20H,2,11-13H2,1H3,(H,25,32)(H,26,28)(H,30,31)/t14-,20?/m1/s1. The van der Waals surface area contributed by atoms with Crippen molar-refractivity contribution < 1.29 is 29.0 Å².